The van der Waals surface area contributed by atoms with Gasteiger partial charge in [-0.15, -0.1) is 0 Å². The van der Waals surface area contributed by atoms with Gasteiger partial charge in [0.25, 0.3) is 0 Å². The lowest BCUT2D eigenvalue weighted by Crippen LogP contribution is -2.42. The van der Waals surface area contributed by atoms with E-state index in [2.05, 4.69) is 10.3 Å². The van der Waals surface area contributed by atoms with Crippen LogP contribution in [-0.4, -0.2) is 41.7 Å². The van der Waals surface area contributed by atoms with Crippen LogP contribution in [0.1, 0.15) is 19.8 Å². The molecule has 6 heteroatoms. The van der Waals surface area contributed by atoms with E-state index in [-0.39, 0.29) is 6.09 Å². The number of nitrogens with zero attached hydrogens (tertiary/aromatic N) is 2. The van der Waals surface area contributed by atoms with Crippen molar-refractivity contribution in [2.24, 2.45) is 0 Å². The Morgan fingerprint density at radius 2 is 2.26 bits per heavy atom. The molecule has 1 fully saturated rings. The van der Waals surface area contributed by atoms with Crippen molar-refractivity contribution < 1.29 is 9.53 Å². The lowest BCUT2D eigenvalue weighted by atomic mass is 10.1. The third-order valence-corrected chi connectivity index (χ3v) is 3.15. The van der Waals surface area contributed by atoms with E-state index in [0.29, 0.717) is 31.4 Å². The molecule has 1 aliphatic rings. The van der Waals surface area contributed by atoms with Gasteiger partial charge in [0.05, 0.1) is 24.2 Å². The minimum atomic E-state index is -0.216. The van der Waals surface area contributed by atoms with Crippen LogP contribution in [0.2, 0.25) is 0 Å². The van der Waals surface area contributed by atoms with Gasteiger partial charge in [-0.05, 0) is 25.8 Å². The molecule has 104 valence electrons. The molecule has 6 nitrogen and oxygen atoms in total. The summed E-state index contributed by atoms with van der Waals surface area (Å²) in [5.41, 5.74) is 7.26. The number of rotatable bonds is 3. The van der Waals surface area contributed by atoms with Gasteiger partial charge in [-0.3, -0.25) is 4.98 Å². The lowest BCUT2D eigenvalue weighted by molar-refractivity contribution is 0.0983. The summed E-state index contributed by atoms with van der Waals surface area (Å²) in [5, 5.41) is 3.39. The van der Waals surface area contributed by atoms with E-state index in [1.807, 2.05) is 13.0 Å². The second-order valence-corrected chi connectivity index (χ2v) is 4.61. The third-order valence-electron chi connectivity index (χ3n) is 3.15. The molecule has 0 aliphatic carbocycles. The smallest absolute Gasteiger partial charge is 0.409 e. The molecule has 0 radical (unpaired) electrons. The van der Waals surface area contributed by atoms with Crippen LogP contribution in [0.15, 0.2) is 18.5 Å². The Morgan fingerprint density at radius 3 is 2.89 bits per heavy atom. The Balaban J connectivity index is 1.82. The number of ether oxygens (including phenoxy) is 1. The fraction of sp³-hybridized carbons (Fsp3) is 0.538. The molecule has 2 rings (SSSR count). The number of carbonyl (C=O) groups excluding carboxylic acids is 1. The molecule has 0 spiro atoms. The summed E-state index contributed by atoms with van der Waals surface area (Å²) >= 11 is 0. The van der Waals surface area contributed by atoms with Gasteiger partial charge in [-0.1, -0.05) is 0 Å². The number of amides is 1. The van der Waals surface area contributed by atoms with Crippen LogP contribution in [0.3, 0.4) is 0 Å². The minimum Gasteiger partial charge on any atom is -0.450 e. The predicted molar refractivity (Wildman–Crippen MR) is 73.9 cm³/mol. The van der Waals surface area contributed by atoms with Crippen LogP contribution in [-0.2, 0) is 4.74 Å². The maximum atomic E-state index is 11.6. The number of aromatic nitrogens is 1. The van der Waals surface area contributed by atoms with Gasteiger partial charge >= 0.3 is 6.09 Å². The molecule has 3 N–H and O–H groups in total. The molecular formula is C13H20N4O2. The van der Waals surface area contributed by atoms with Crippen LogP contribution in [0, 0.1) is 0 Å². The first-order valence-electron chi connectivity index (χ1n) is 6.58. The van der Waals surface area contributed by atoms with Crippen molar-refractivity contribution in [3.05, 3.63) is 18.5 Å². The van der Waals surface area contributed by atoms with Crippen LogP contribution in [0.5, 0.6) is 0 Å². The van der Waals surface area contributed by atoms with E-state index in [1.54, 1.807) is 17.3 Å². The van der Waals surface area contributed by atoms with Crippen molar-refractivity contribution in [1.82, 2.24) is 9.88 Å². The van der Waals surface area contributed by atoms with Crippen molar-refractivity contribution in [2.75, 3.05) is 30.7 Å². The summed E-state index contributed by atoms with van der Waals surface area (Å²) in [6, 6.07) is 2.21. The molecular weight excluding hydrogens is 244 g/mol. The monoisotopic (exact) mass is 264 g/mol. The summed E-state index contributed by atoms with van der Waals surface area (Å²) in [7, 11) is 0. The van der Waals surface area contributed by atoms with Crippen LogP contribution in [0.25, 0.3) is 0 Å². The van der Waals surface area contributed by atoms with Gasteiger partial charge < -0.3 is 20.7 Å². The molecule has 1 saturated heterocycles. The zero-order chi connectivity index (χ0) is 13.7. The normalized spacial score (nSPS) is 16.2. The maximum absolute atomic E-state index is 11.6. The van der Waals surface area contributed by atoms with Gasteiger partial charge in [0.1, 0.15) is 0 Å². The Kier molecular flexibility index (Phi) is 4.43. The average molecular weight is 264 g/mol. The number of hydrogen-bond acceptors (Lipinski definition) is 5. The van der Waals surface area contributed by atoms with E-state index in [4.69, 9.17) is 10.5 Å². The molecule has 1 amide bonds. The molecule has 0 aromatic carbocycles. The second-order valence-electron chi connectivity index (χ2n) is 4.61. The summed E-state index contributed by atoms with van der Waals surface area (Å²) in [6.07, 6.45) is 4.95. The first-order valence-corrected chi connectivity index (χ1v) is 6.58. The second kappa shape index (κ2) is 6.26. The SMILES string of the molecule is CCOC(=O)N1CCC(Nc2cncc(N)c2)CC1. The number of carbonyl (C=O) groups is 1. The van der Waals surface area contributed by atoms with Crippen molar-refractivity contribution >= 4 is 17.5 Å². The fourth-order valence-electron chi connectivity index (χ4n) is 2.19. The van der Waals surface area contributed by atoms with Crippen molar-refractivity contribution in [3.63, 3.8) is 0 Å². The van der Waals surface area contributed by atoms with Crippen LogP contribution >= 0.6 is 0 Å². The highest BCUT2D eigenvalue weighted by atomic mass is 16.6. The zero-order valence-electron chi connectivity index (χ0n) is 11.1. The molecule has 0 unspecified atom stereocenters. The van der Waals surface area contributed by atoms with E-state index >= 15 is 0 Å². The van der Waals surface area contributed by atoms with E-state index in [0.717, 1.165) is 18.5 Å². The number of pyridine rings is 1. The Labute approximate surface area is 112 Å². The molecule has 0 bridgehead atoms. The summed E-state index contributed by atoms with van der Waals surface area (Å²) in [5.74, 6) is 0. The first-order chi connectivity index (χ1) is 9.19. The summed E-state index contributed by atoms with van der Waals surface area (Å²) < 4.78 is 4.99. The quantitative estimate of drug-likeness (QED) is 0.868. The Hall–Kier alpha value is -1.98. The standard InChI is InChI=1S/C13H20N4O2/c1-2-19-13(18)17-5-3-11(4-6-17)16-12-7-10(14)8-15-9-12/h7-9,11,16H,2-6,14H2,1H3. The number of likely N-dealkylation sites (tertiary alicyclic amines) is 1. The average Bonchev–Trinajstić information content (AvgIpc) is 2.40. The number of nitrogens with one attached hydrogen (secondary N) is 1. The van der Waals surface area contributed by atoms with Gasteiger partial charge in [-0.25, -0.2) is 4.79 Å². The van der Waals surface area contributed by atoms with Crippen molar-refractivity contribution in [1.29, 1.82) is 0 Å². The first kappa shape index (κ1) is 13.5. The zero-order valence-corrected chi connectivity index (χ0v) is 11.1. The number of piperidine rings is 1. The fourth-order valence-corrected chi connectivity index (χ4v) is 2.19. The molecule has 0 atom stereocenters. The van der Waals surface area contributed by atoms with E-state index < -0.39 is 0 Å². The molecule has 19 heavy (non-hydrogen) atoms. The van der Waals surface area contributed by atoms with Gasteiger partial charge in [0.15, 0.2) is 0 Å². The van der Waals surface area contributed by atoms with Gasteiger partial charge in [-0.2, -0.15) is 0 Å². The van der Waals surface area contributed by atoms with Gasteiger partial charge in [0.2, 0.25) is 0 Å². The maximum Gasteiger partial charge on any atom is 0.409 e. The topological polar surface area (TPSA) is 80.5 Å². The molecule has 1 aromatic heterocycles. The van der Waals surface area contributed by atoms with E-state index in [1.165, 1.54) is 0 Å². The highest BCUT2D eigenvalue weighted by Crippen LogP contribution is 2.17. The Morgan fingerprint density at radius 1 is 1.53 bits per heavy atom. The lowest BCUT2D eigenvalue weighted by Gasteiger charge is -2.32. The van der Waals surface area contributed by atoms with Crippen LogP contribution < -0.4 is 11.1 Å². The van der Waals surface area contributed by atoms with E-state index in [9.17, 15) is 4.79 Å². The van der Waals surface area contributed by atoms with Crippen LogP contribution in [0.4, 0.5) is 16.2 Å². The number of anilines is 2. The summed E-state index contributed by atoms with van der Waals surface area (Å²) in [4.78, 5) is 17.4. The Bertz CT molecular complexity index is 430. The predicted octanol–water partition coefficient (Wildman–Crippen LogP) is 1.70. The van der Waals surface area contributed by atoms with Crippen molar-refractivity contribution in [3.8, 4) is 0 Å². The summed E-state index contributed by atoms with van der Waals surface area (Å²) in [6.45, 7) is 3.67. The minimum absolute atomic E-state index is 0.216. The number of nitrogens with two attached hydrogens (primary N) is 1. The largest absolute Gasteiger partial charge is 0.450 e. The van der Waals surface area contributed by atoms with Crippen molar-refractivity contribution in [2.45, 2.75) is 25.8 Å². The highest BCUT2D eigenvalue weighted by Gasteiger charge is 2.23. The third kappa shape index (κ3) is 3.74. The number of hydrogen-bond donors (Lipinski definition) is 2. The highest BCUT2D eigenvalue weighted by molar-refractivity contribution is 5.67. The number of nitrogen functional groups attached to an aromatic ring is 1. The molecule has 1 aliphatic heterocycles. The molecule has 1 aromatic rings. The van der Waals surface area contributed by atoms with Gasteiger partial charge in [0, 0.05) is 25.3 Å². The molecule has 2 heterocycles. The molecule has 0 saturated carbocycles.